The number of likely N-dealkylation sites (N-methyl/N-ethyl adjacent to an activating group) is 1. The maximum absolute atomic E-state index is 5.87. The number of hydrogen-bond donors (Lipinski definition) is 2. The van der Waals surface area contributed by atoms with E-state index in [9.17, 15) is 0 Å². The standard InChI is InChI=1S/C15H30N4O.HI/c1-5-19(11(2)3)9-8-17-15(16-4)18-13-10-12-6-7-14(13)20-12;/h11-14H,5-10H2,1-4H3,(H2,16,17,18);1H. The van der Waals surface area contributed by atoms with Crippen molar-refractivity contribution in [2.45, 2.75) is 64.3 Å². The maximum atomic E-state index is 5.87. The lowest BCUT2D eigenvalue weighted by molar-refractivity contribution is 0.0992. The van der Waals surface area contributed by atoms with Crippen LogP contribution in [0.1, 0.15) is 40.0 Å². The summed E-state index contributed by atoms with van der Waals surface area (Å²) in [6, 6.07) is 1.03. The molecule has 2 N–H and O–H groups in total. The Labute approximate surface area is 146 Å². The van der Waals surface area contributed by atoms with E-state index in [0.717, 1.165) is 32.0 Å². The number of hydrogen-bond acceptors (Lipinski definition) is 3. The summed E-state index contributed by atoms with van der Waals surface area (Å²) in [6.07, 6.45) is 4.41. The van der Waals surface area contributed by atoms with Crippen LogP contribution in [-0.4, -0.2) is 61.8 Å². The SMILES string of the molecule is CCN(CCNC(=NC)NC1CC2CCC1O2)C(C)C.I. The number of rotatable bonds is 6. The van der Waals surface area contributed by atoms with Gasteiger partial charge in [-0.25, -0.2) is 0 Å². The third-order valence-electron chi connectivity index (χ3n) is 4.48. The Balaban J connectivity index is 0.00000220. The molecule has 0 aromatic heterocycles. The lowest BCUT2D eigenvalue weighted by Gasteiger charge is -2.26. The van der Waals surface area contributed by atoms with Gasteiger partial charge in [-0.2, -0.15) is 0 Å². The first kappa shape index (κ1) is 19.0. The largest absolute Gasteiger partial charge is 0.373 e. The minimum absolute atomic E-state index is 0. The molecule has 2 saturated heterocycles. The predicted molar refractivity (Wildman–Crippen MR) is 98.6 cm³/mol. The Morgan fingerprint density at radius 3 is 2.62 bits per heavy atom. The van der Waals surface area contributed by atoms with E-state index in [1.807, 2.05) is 7.05 Å². The summed E-state index contributed by atoms with van der Waals surface area (Å²) in [5.41, 5.74) is 0. The van der Waals surface area contributed by atoms with E-state index in [2.05, 4.69) is 41.3 Å². The molecule has 0 saturated carbocycles. The molecule has 0 aromatic rings. The van der Waals surface area contributed by atoms with E-state index in [1.165, 1.54) is 12.8 Å². The second-order valence-corrected chi connectivity index (χ2v) is 6.08. The smallest absolute Gasteiger partial charge is 0.191 e. The average Bonchev–Trinajstić information content (AvgIpc) is 3.04. The van der Waals surface area contributed by atoms with Crippen molar-refractivity contribution in [3.05, 3.63) is 0 Å². The number of ether oxygens (including phenoxy) is 1. The Kier molecular flexibility index (Phi) is 8.26. The first-order valence-electron chi connectivity index (χ1n) is 8.00. The van der Waals surface area contributed by atoms with Crippen molar-refractivity contribution in [1.82, 2.24) is 15.5 Å². The summed E-state index contributed by atoms with van der Waals surface area (Å²) in [4.78, 5) is 6.77. The fourth-order valence-corrected chi connectivity index (χ4v) is 3.26. The molecular weight excluding hydrogens is 379 g/mol. The molecule has 2 bridgehead atoms. The molecule has 2 heterocycles. The molecule has 0 aliphatic carbocycles. The van der Waals surface area contributed by atoms with Crippen LogP contribution in [0, 0.1) is 0 Å². The van der Waals surface area contributed by atoms with Crippen molar-refractivity contribution in [1.29, 1.82) is 0 Å². The van der Waals surface area contributed by atoms with Crippen LogP contribution in [0.5, 0.6) is 0 Å². The summed E-state index contributed by atoms with van der Waals surface area (Å²) in [7, 11) is 1.84. The molecule has 0 amide bonds. The van der Waals surface area contributed by atoms with Gasteiger partial charge in [0.1, 0.15) is 0 Å². The molecule has 2 fully saturated rings. The van der Waals surface area contributed by atoms with E-state index < -0.39 is 0 Å². The molecule has 2 aliphatic rings. The number of aliphatic imine (C=N–C) groups is 1. The van der Waals surface area contributed by atoms with Gasteiger partial charge in [-0.15, -0.1) is 24.0 Å². The normalized spacial score (nSPS) is 28.1. The van der Waals surface area contributed by atoms with Crippen molar-refractivity contribution in [2.24, 2.45) is 4.99 Å². The Bertz CT molecular complexity index is 338. The number of halogens is 1. The maximum Gasteiger partial charge on any atom is 0.191 e. The van der Waals surface area contributed by atoms with Crippen LogP contribution in [0.25, 0.3) is 0 Å². The number of nitrogens with one attached hydrogen (secondary N) is 2. The van der Waals surface area contributed by atoms with Crippen LogP contribution in [0.2, 0.25) is 0 Å². The Morgan fingerprint density at radius 2 is 2.14 bits per heavy atom. The molecular formula is C15H31IN4O. The number of fused-ring (bicyclic) bond motifs is 2. The zero-order valence-electron chi connectivity index (χ0n) is 13.8. The van der Waals surface area contributed by atoms with Gasteiger partial charge in [0.25, 0.3) is 0 Å². The van der Waals surface area contributed by atoms with Crippen molar-refractivity contribution >= 4 is 29.9 Å². The fourth-order valence-electron chi connectivity index (χ4n) is 3.26. The molecule has 0 aromatic carbocycles. The van der Waals surface area contributed by atoms with E-state index in [-0.39, 0.29) is 24.0 Å². The van der Waals surface area contributed by atoms with Gasteiger partial charge >= 0.3 is 0 Å². The van der Waals surface area contributed by atoms with Gasteiger partial charge in [0.05, 0.1) is 18.2 Å². The molecule has 21 heavy (non-hydrogen) atoms. The van der Waals surface area contributed by atoms with Crippen LogP contribution >= 0.6 is 24.0 Å². The van der Waals surface area contributed by atoms with Crippen LogP contribution < -0.4 is 10.6 Å². The van der Waals surface area contributed by atoms with Crippen LogP contribution in [0.15, 0.2) is 4.99 Å². The fraction of sp³-hybridized carbons (Fsp3) is 0.933. The summed E-state index contributed by atoms with van der Waals surface area (Å²) in [5, 5.41) is 6.93. The molecule has 5 nitrogen and oxygen atoms in total. The first-order valence-corrected chi connectivity index (χ1v) is 8.00. The van der Waals surface area contributed by atoms with Crippen molar-refractivity contribution in [2.75, 3.05) is 26.7 Å². The molecule has 3 atom stereocenters. The predicted octanol–water partition coefficient (Wildman–Crippen LogP) is 1.82. The highest BCUT2D eigenvalue weighted by Crippen LogP contribution is 2.34. The molecule has 6 heteroatoms. The zero-order valence-corrected chi connectivity index (χ0v) is 16.1. The lowest BCUT2D eigenvalue weighted by atomic mass is 9.96. The monoisotopic (exact) mass is 410 g/mol. The highest BCUT2D eigenvalue weighted by Gasteiger charge is 2.41. The van der Waals surface area contributed by atoms with Gasteiger partial charge in [-0.05, 0) is 39.7 Å². The minimum Gasteiger partial charge on any atom is -0.373 e. The first-order chi connectivity index (χ1) is 9.63. The van der Waals surface area contributed by atoms with E-state index in [0.29, 0.717) is 24.3 Å². The third-order valence-corrected chi connectivity index (χ3v) is 4.48. The van der Waals surface area contributed by atoms with Crippen LogP contribution in [0.4, 0.5) is 0 Å². The highest BCUT2D eigenvalue weighted by atomic mass is 127. The Morgan fingerprint density at radius 1 is 1.38 bits per heavy atom. The molecule has 2 rings (SSSR count). The van der Waals surface area contributed by atoms with Gasteiger partial charge in [0.15, 0.2) is 5.96 Å². The van der Waals surface area contributed by atoms with E-state index in [4.69, 9.17) is 4.74 Å². The molecule has 2 aliphatic heterocycles. The topological polar surface area (TPSA) is 48.9 Å². The van der Waals surface area contributed by atoms with E-state index in [1.54, 1.807) is 0 Å². The van der Waals surface area contributed by atoms with E-state index >= 15 is 0 Å². The third kappa shape index (κ3) is 5.25. The highest BCUT2D eigenvalue weighted by molar-refractivity contribution is 14.0. The second kappa shape index (κ2) is 9.15. The van der Waals surface area contributed by atoms with Gasteiger partial charge < -0.3 is 15.4 Å². The van der Waals surface area contributed by atoms with Crippen molar-refractivity contribution in [3.8, 4) is 0 Å². The Hall–Kier alpha value is -0.0800. The molecule has 124 valence electrons. The van der Waals surface area contributed by atoms with Gasteiger partial charge in [-0.1, -0.05) is 6.92 Å². The molecule has 0 radical (unpaired) electrons. The number of guanidine groups is 1. The summed E-state index contributed by atoms with van der Waals surface area (Å²) in [5.74, 6) is 0.908. The zero-order chi connectivity index (χ0) is 14.5. The van der Waals surface area contributed by atoms with Gasteiger partial charge in [-0.3, -0.25) is 9.89 Å². The van der Waals surface area contributed by atoms with Crippen LogP contribution in [-0.2, 0) is 4.74 Å². The van der Waals surface area contributed by atoms with Crippen LogP contribution in [0.3, 0.4) is 0 Å². The average molecular weight is 410 g/mol. The second-order valence-electron chi connectivity index (χ2n) is 6.08. The summed E-state index contributed by atoms with van der Waals surface area (Å²) in [6.45, 7) is 9.74. The van der Waals surface area contributed by atoms with Gasteiger partial charge in [0.2, 0.25) is 0 Å². The summed E-state index contributed by atoms with van der Waals surface area (Å²) >= 11 is 0. The van der Waals surface area contributed by atoms with Crippen molar-refractivity contribution in [3.63, 3.8) is 0 Å². The summed E-state index contributed by atoms with van der Waals surface area (Å²) < 4.78 is 5.87. The van der Waals surface area contributed by atoms with Crippen molar-refractivity contribution < 1.29 is 4.74 Å². The minimum atomic E-state index is 0. The molecule has 3 unspecified atom stereocenters. The molecule has 0 spiro atoms. The number of nitrogens with zero attached hydrogens (tertiary/aromatic N) is 2. The van der Waals surface area contributed by atoms with Gasteiger partial charge in [0, 0.05) is 26.2 Å². The lowest BCUT2D eigenvalue weighted by Crippen LogP contribution is -2.49. The quantitative estimate of drug-likeness (QED) is 0.399.